The molecule has 0 aliphatic rings. The number of rotatable bonds is 16. The van der Waals surface area contributed by atoms with Crippen LogP contribution in [-0.4, -0.2) is 18.4 Å². The van der Waals surface area contributed by atoms with Gasteiger partial charge in [-0.3, -0.25) is 4.79 Å². The maximum Gasteiger partial charge on any atom is 0.330 e. The van der Waals surface area contributed by atoms with Crippen LogP contribution in [0.2, 0.25) is 0 Å². The zero-order valence-corrected chi connectivity index (χ0v) is 14.0. The fourth-order valence-electron chi connectivity index (χ4n) is 2.33. The van der Waals surface area contributed by atoms with E-state index < -0.39 is 0 Å². The molecule has 3 nitrogen and oxygen atoms in total. The van der Waals surface area contributed by atoms with Crippen molar-refractivity contribution in [2.75, 3.05) is 6.61 Å². The first kappa shape index (κ1) is 20.6. The molecule has 0 atom stereocenters. The lowest BCUT2D eigenvalue weighted by Gasteiger charge is -2.03. The summed E-state index contributed by atoms with van der Waals surface area (Å²) in [6.07, 6.45) is 16.4. The summed E-state index contributed by atoms with van der Waals surface area (Å²) < 4.78 is 4.92. The number of allylic oxidation sites excluding steroid dienone is 1. The summed E-state index contributed by atoms with van der Waals surface area (Å²) >= 11 is 0. The summed E-state index contributed by atoms with van der Waals surface area (Å²) in [5.41, 5.74) is 0. The molecule has 0 bridgehead atoms. The predicted molar refractivity (Wildman–Crippen MR) is 91.8 cm³/mol. The molecule has 3 heteroatoms. The van der Waals surface area contributed by atoms with Gasteiger partial charge in [-0.2, -0.15) is 0 Å². The molecular formula is C19H32O3. The first-order valence-corrected chi connectivity index (χ1v) is 8.65. The fraction of sp³-hybridized carbons (Fsp3) is 0.684. The van der Waals surface area contributed by atoms with E-state index in [1.165, 1.54) is 57.1 Å². The molecule has 0 saturated heterocycles. The molecule has 126 valence electrons. The predicted octanol–water partition coefficient (Wildman–Crippen LogP) is 5.15. The van der Waals surface area contributed by atoms with E-state index in [0.29, 0.717) is 13.0 Å². The van der Waals surface area contributed by atoms with Gasteiger partial charge < -0.3 is 4.74 Å². The Kier molecular flexibility index (Phi) is 15.0. The smallest absolute Gasteiger partial charge is 0.330 e. The van der Waals surface area contributed by atoms with E-state index in [1.54, 1.807) is 0 Å². The van der Waals surface area contributed by atoms with Gasteiger partial charge in [0.2, 0.25) is 0 Å². The minimum Gasteiger partial charge on any atom is -0.463 e. The molecule has 0 N–H and O–H groups in total. The van der Waals surface area contributed by atoms with E-state index in [9.17, 15) is 9.59 Å². The molecule has 0 aliphatic heterocycles. The molecule has 0 aromatic heterocycles. The van der Waals surface area contributed by atoms with Crippen LogP contribution >= 0.6 is 0 Å². The summed E-state index contributed by atoms with van der Waals surface area (Å²) in [7, 11) is 0. The van der Waals surface area contributed by atoms with Crippen LogP contribution in [0.5, 0.6) is 0 Å². The van der Waals surface area contributed by atoms with Gasteiger partial charge in [0, 0.05) is 12.5 Å². The Labute approximate surface area is 135 Å². The lowest BCUT2D eigenvalue weighted by atomic mass is 10.0. The Balaban J connectivity index is 3.08. The molecule has 0 spiro atoms. The summed E-state index contributed by atoms with van der Waals surface area (Å²) in [4.78, 5) is 21.8. The van der Waals surface area contributed by atoms with Gasteiger partial charge in [-0.15, -0.1) is 0 Å². The minimum absolute atomic E-state index is 0.166. The van der Waals surface area contributed by atoms with Crippen LogP contribution in [0.4, 0.5) is 0 Å². The third kappa shape index (κ3) is 15.0. The number of ether oxygens (including phenoxy) is 1. The van der Waals surface area contributed by atoms with Gasteiger partial charge in [0.1, 0.15) is 0 Å². The second kappa shape index (κ2) is 16.0. The Hall–Kier alpha value is -1.38. The molecular weight excluding hydrogens is 276 g/mol. The van der Waals surface area contributed by atoms with Crippen LogP contribution in [0.25, 0.3) is 0 Å². The van der Waals surface area contributed by atoms with Crippen molar-refractivity contribution in [1.29, 1.82) is 0 Å². The number of carbonyl (C=O) groups excluding carboxylic acids is 2. The fourth-order valence-corrected chi connectivity index (χ4v) is 2.33. The van der Waals surface area contributed by atoms with Gasteiger partial charge in [-0.05, 0) is 18.9 Å². The van der Waals surface area contributed by atoms with Gasteiger partial charge in [-0.1, -0.05) is 70.9 Å². The zero-order valence-electron chi connectivity index (χ0n) is 14.0. The second-order valence-corrected chi connectivity index (χ2v) is 5.68. The zero-order chi connectivity index (χ0) is 16.5. The maximum atomic E-state index is 11.0. The van der Waals surface area contributed by atoms with Gasteiger partial charge in [0.25, 0.3) is 0 Å². The highest BCUT2D eigenvalue weighted by Crippen LogP contribution is 2.12. The van der Waals surface area contributed by atoms with Gasteiger partial charge in [0.05, 0.1) is 6.61 Å². The summed E-state index contributed by atoms with van der Waals surface area (Å²) in [5.74, 6) is -0.159. The second-order valence-electron chi connectivity index (χ2n) is 5.68. The van der Waals surface area contributed by atoms with Crippen molar-refractivity contribution < 1.29 is 14.3 Å². The van der Waals surface area contributed by atoms with Crippen molar-refractivity contribution in [2.45, 2.75) is 77.0 Å². The standard InChI is InChI=1S/C19H32O3/c1-3-18(20)16-14-12-10-8-6-5-7-9-11-13-15-17-22-19(21)4-2/h3-4H,1-2,5-17H2. The Morgan fingerprint density at radius 2 is 1.14 bits per heavy atom. The third-order valence-corrected chi connectivity index (χ3v) is 3.71. The molecule has 0 aromatic rings. The van der Waals surface area contributed by atoms with E-state index in [0.717, 1.165) is 25.7 Å². The molecule has 0 heterocycles. The van der Waals surface area contributed by atoms with Crippen LogP contribution < -0.4 is 0 Å². The van der Waals surface area contributed by atoms with E-state index in [-0.39, 0.29) is 11.8 Å². The van der Waals surface area contributed by atoms with Crippen LogP contribution in [0.15, 0.2) is 25.3 Å². The van der Waals surface area contributed by atoms with Gasteiger partial charge >= 0.3 is 5.97 Å². The molecule has 22 heavy (non-hydrogen) atoms. The van der Waals surface area contributed by atoms with E-state index in [1.807, 2.05) is 0 Å². The highest BCUT2D eigenvalue weighted by Gasteiger charge is 1.97. The van der Waals surface area contributed by atoms with Crippen molar-refractivity contribution >= 4 is 11.8 Å². The van der Waals surface area contributed by atoms with Crippen LogP contribution in [0.3, 0.4) is 0 Å². The molecule has 0 unspecified atom stereocenters. The number of ketones is 1. The van der Waals surface area contributed by atoms with E-state index in [4.69, 9.17) is 4.74 Å². The van der Waals surface area contributed by atoms with Crippen molar-refractivity contribution in [2.24, 2.45) is 0 Å². The molecule has 0 saturated carbocycles. The molecule has 0 rings (SSSR count). The normalized spacial score (nSPS) is 10.2. The Morgan fingerprint density at radius 1 is 0.682 bits per heavy atom. The largest absolute Gasteiger partial charge is 0.463 e. The van der Waals surface area contributed by atoms with Crippen molar-refractivity contribution in [3.8, 4) is 0 Å². The number of hydrogen-bond acceptors (Lipinski definition) is 3. The van der Waals surface area contributed by atoms with Crippen molar-refractivity contribution in [3.05, 3.63) is 25.3 Å². The van der Waals surface area contributed by atoms with Crippen LogP contribution in [0, 0.1) is 0 Å². The van der Waals surface area contributed by atoms with Crippen molar-refractivity contribution in [1.82, 2.24) is 0 Å². The van der Waals surface area contributed by atoms with E-state index in [2.05, 4.69) is 13.2 Å². The van der Waals surface area contributed by atoms with Gasteiger partial charge in [-0.25, -0.2) is 4.79 Å². The summed E-state index contributed by atoms with van der Waals surface area (Å²) in [6, 6.07) is 0. The number of unbranched alkanes of at least 4 members (excludes halogenated alkanes) is 10. The number of esters is 1. The van der Waals surface area contributed by atoms with E-state index >= 15 is 0 Å². The third-order valence-electron chi connectivity index (χ3n) is 3.71. The number of hydrogen-bond donors (Lipinski definition) is 0. The topological polar surface area (TPSA) is 43.4 Å². The SMILES string of the molecule is C=CC(=O)CCCCCCCCCCCCCOC(=O)C=C. The van der Waals surface area contributed by atoms with Crippen molar-refractivity contribution in [3.63, 3.8) is 0 Å². The monoisotopic (exact) mass is 308 g/mol. The Morgan fingerprint density at radius 3 is 1.59 bits per heavy atom. The minimum atomic E-state index is -0.325. The van der Waals surface area contributed by atoms with Gasteiger partial charge in [0.15, 0.2) is 5.78 Å². The highest BCUT2D eigenvalue weighted by molar-refractivity contribution is 5.88. The lowest BCUT2D eigenvalue weighted by molar-refractivity contribution is -0.137. The van der Waals surface area contributed by atoms with Crippen LogP contribution in [0.1, 0.15) is 77.0 Å². The van der Waals surface area contributed by atoms with Crippen LogP contribution in [-0.2, 0) is 14.3 Å². The summed E-state index contributed by atoms with van der Waals surface area (Å²) in [5, 5.41) is 0. The first-order valence-electron chi connectivity index (χ1n) is 8.65. The average molecular weight is 308 g/mol. The molecule has 0 aromatic carbocycles. The number of carbonyl (C=O) groups is 2. The quantitative estimate of drug-likeness (QED) is 0.225. The molecule has 0 fully saturated rings. The Bertz CT molecular complexity index is 289. The summed E-state index contributed by atoms with van der Waals surface area (Å²) in [6.45, 7) is 7.35. The first-order chi connectivity index (χ1) is 10.7. The highest BCUT2D eigenvalue weighted by atomic mass is 16.5. The molecule has 0 aliphatic carbocycles. The molecule has 0 amide bonds. The average Bonchev–Trinajstić information content (AvgIpc) is 2.54. The maximum absolute atomic E-state index is 11.0. The lowest BCUT2D eigenvalue weighted by Crippen LogP contribution is -2.01. The molecule has 0 radical (unpaired) electrons.